The lowest BCUT2D eigenvalue weighted by Crippen LogP contribution is -2.43. The number of rotatable bonds is 5. The molecule has 0 aromatic carbocycles. The van der Waals surface area contributed by atoms with Crippen LogP contribution in [0.5, 0.6) is 0 Å². The number of carbonyl (C=O) groups is 1. The fourth-order valence-electron chi connectivity index (χ4n) is 4.30. The highest BCUT2D eigenvalue weighted by atomic mass is 32.2. The van der Waals surface area contributed by atoms with Gasteiger partial charge in [0.1, 0.15) is 4.83 Å². The number of hydrogen-bond acceptors (Lipinski definition) is 5. The predicted octanol–water partition coefficient (Wildman–Crippen LogP) is 4.02. The van der Waals surface area contributed by atoms with E-state index in [1.807, 2.05) is 4.90 Å². The molecule has 5 nitrogen and oxygen atoms in total. The lowest BCUT2D eigenvalue weighted by atomic mass is 9.97. The molecule has 3 heterocycles. The number of likely N-dealkylation sites (tertiary alicyclic amines) is 1. The van der Waals surface area contributed by atoms with Crippen LogP contribution >= 0.6 is 23.1 Å². The number of amides is 1. The van der Waals surface area contributed by atoms with Gasteiger partial charge in [-0.25, -0.2) is 4.98 Å². The van der Waals surface area contributed by atoms with Crippen LogP contribution in [0.4, 0.5) is 0 Å². The van der Waals surface area contributed by atoms with Crippen molar-refractivity contribution in [2.45, 2.75) is 69.6 Å². The summed E-state index contributed by atoms with van der Waals surface area (Å²) in [6.07, 6.45) is 9.41. The fourth-order valence-corrected chi connectivity index (χ4v) is 6.50. The minimum absolute atomic E-state index is 0.0191. The third-order valence-corrected chi connectivity index (χ3v) is 7.95. The first-order valence-corrected chi connectivity index (χ1v) is 12.0. The van der Waals surface area contributed by atoms with Gasteiger partial charge in [0.2, 0.25) is 5.91 Å². The van der Waals surface area contributed by atoms with Gasteiger partial charge >= 0.3 is 0 Å². The minimum atomic E-state index is 0.0191. The molecule has 7 heteroatoms. The van der Waals surface area contributed by atoms with Crippen molar-refractivity contribution in [3.8, 4) is 0 Å². The number of aromatic nitrogens is 2. The van der Waals surface area contributed by atoms with Crippen molar-refractivity contribution in [2.24, 2.45) is 0 Å². The Balaban J connectivity index is 1.64. The van der Waals surface area contributed by atoms with Gasteiger partial charge in [0.25, 0.3) is 5.56 Å². The predicted molar refractivity (Wildman–Crippen MR) is 116 cm³/mol. The van der Waals surface area contributed by atoms with Gasteiger partial charge in [0, 0.05) is 24.0 Å². The molecule has 1 amide bonds. The van der Waals surface area contributed by atoms with Gasteiger partial charge in [-0.15, -0.1) is 17.9 Å². The van der Waals surface area contributed by atoms with Crippen molar-refractivity contribution < 1.29 is 4.79 Å². The molecule has 0 bridgehead atoms. The Bertz CT molecular complexity index is 963. The molecule has 150 valence electrons. The van der Waals surface area contributed by atoms with Crippen LogP contribution < -0.4 is 5.56 Å². The van der Waals surface area contributed by atoms with Crippen LogP contribution in [0.1, 0.15) is 49.5 Å². The van der Waals surface area contributed by atoms with Crippen LogP contribution in [0, 0.1) is 0 Å². The molecule has 1 fully saturated rings. The summed E-state index contributed by atoms with van der Waals surface area (Å²) < 4.78 is 1.69. The topological polar surface area (TPSA) is 55.2 Å². The van der Waals surface area contributed by atoms with E-state index in [0.717, 1.165) is 48.9 Å². The van der Waals surface area contributed by atoms with E-state index >= 15 is 0 Å². The average Bonchev–Trinajstić information content (AvgIpc) is 3.07. The van der Waals surface area contributed by atoms with E-state index in [1.54, 1.807) is 22.0 Å². The lowest BCUT2D eigenvalue weighted by molar-refractivity contribution is -0.131. The number of allylic oxidation sites excluding steroid dienone is 1. The van der Waals surface area contributed by atoms with Crippen LogP contribution in [-0.2, 0) is 24.2 Å². The molecule has 0 radical (unpaired) electrons. The fraction of sp³-hybridized carbons (Fsp3) is 0.571. The zero-order valence-corrected chi connectivity index (χ0v) is 18.0. The molecule has 1 saturated heterocycles. The zero-order valence-electron chi connectivity index (χ0n) is 16.4. The highest BCUT2D eigenvalue weighted by Crippen LogP contribution is 2.34. The molecular formula is C21H27N3O2S2. The van der Waals surface area contributed by atoms with Crippen molar-refractivity contribution in [3.05, 3.63) is 33.4 Å². The quantitative estimate of drug-likeness (QED) is 0.419. The second-order valence-electron chi connectivity index (χ2n) is 7.71. The smallest absolute Gasteiger partial charge is 0.263 e. The molecule has 2 aromatic heterocycles. The minimum Gasteiger partial charge on any atom is -0.339 e. The number of aryl methyl sites for hydroxylation is 2. The molecule has 2 aromatic rings. The SMILES string of the molecule is C=CCn1c(SCC(=O)N2CCCCC2C)nc2sc3c(c2c1=O)CCCC3. The average molecular weight is 418 g/mol. The van der Waals surface area contributed by atoms with Crippen molar-refractivity contribution in [3.63, 3.8) is 0 Å². The van der Waals surface area contributed by atoms with E-state index in [4.69, 9.17) is 4.98 Å². The van der Waals surface area contributed by atoms with E-state index in [0.29, 0.717) is 23.5 Å². The second kappa shape index (κ2) is 8.41. The first-order chi connectivity index (χ1) is 13.6. The normalized spacial score (nSPS) is 19.6. The summed E-state index contributed by atoms with van der Waals surface area (Å²) in [5, 5.41) is 1.43. The second-order valence-corrected chi connectivity index (χ2v) is 9.74. The van der Waals surface area contributed by atoms with Gasteiger partial charge in [-0.3, -0.25) is 14.2 Å². The summed E-state index contributed by atoms with van der Waals surface area (Å²) in [7, 11) is 0. The Morgan fingerprint density at radius 2 is 2.14 bits per heavy atom. The maximum atomic E-state index is 13.2. The molecule has 4 rings (SSSR count). The number of hydrogen-bond donors (Lipinski definition) is 0. The first kappa shape index (κ1) is 19.7. The van der Waals surface area contributed by atoms with Crippen LogP contribution in [0.25, 0.3) is 10.2 Å². The third kappa shape index (κ3) is 3.66. The largest absolute Gasteiger partial charge is 0.339 e. The molecular weight excluding hydrogens is 390 g/mol. The Morgan fingerprint density at radius 1 is 1.32 bits per heavy atom. The number of thiophene rings is 1. The standard InChI is InChI=1S/C21H27N3O2S2/c1-3-11-24-20(26)18-15-9-4-5-10-16(15)28-19(18)22-21(24)27-13-17(25)23-12-7-6-8-14(23)2/h3,14H,1,4-13H2,2H3. The van der Waals surface area contributed by atoms with E-state index in [2.05, 4.69) is 13.5 Å². The van der Waals surface area contributed by atoms with Crippen LogP contribution in [0.2, 0.25) is 0 Å². The summed E-state index contributed by atoms with van der Waals surface area (Å²) in [5.74, 6) is 0.465. The lowest BCUT2D eigenvalue weighted by Gasteiger charge is -2.33. The first-order valence-electron chi connectivity index (χ1n) is 10.2. The van der Waals surface area contributed by atoms with E-state index in [1.165, 1.54) is 35.0 Å². The van der Waals surface area contributed by atoms with Crippen molar-refractivity contribution in [1.82, 2.24) is 14.5 Å². The summed E-state index contributed by atoms with van der Waals surface area (Å²) in [6, 6.07) is 0.302. The van der Waals surface area contributed by atoms with Crippen LogP contribution in [0.15, 0.2) is 22.6 Å². The van der Waals surface area contributed by atoms with Crippen LogP contribution in [-0.4, -0.2) is 38.7 Å². The van der Waals surface area contributed by atoms with E-state index in [-0.39, 0.29) is 11.5 Å². The van der Waals surface area contributed by atoms with Crippen molar-refractivity contribution in [1.29, 1.82) is 0 Å². The van der Waals surface area contributed by atoms with Crippen molar-refractivity contribution in [2.75, 3.05) is 12.3 Å². The zero-order chi connectivity index (χ0) is 19.7. The molecule has 2 aliphatic rings. The number of carbonyl (C=O) groups excluding carboxylic acids is 1. The van der Waals surface area contributed by atoms with Crippen molar-refractivity contribution >= 4 is 39.2 Å². The number of nitrogens with zero attached hydrogens (tertiary/aromatic N) is 3. The van der Waals surface area contributed by atoms with Gasteiger partial charge < -0.3 is 4.90 Å². The molecule has 28 heavy (non-hydrogen) atoms. The summed E-state index contributed by atoms with van der Waals surface area (Å²) in [5.41, 5.74) is 1.22. The van der Waals surface area contributed by atoms with E-state index < -0.39 is 0 Å². The van der Waals surface area contributed by atoms with Crippen LogP contribution in [0.3, 0.4) is 0 Å². The summed E-state index contributed by atoms with van der Waals surface area (Å²) in [6.45, 7) is 7.18. The van der Waals surface area contributed by atoms with Gasteiger partial charge in [0.15, 0.2) is 5.16 Å². The molecule has 1 unspecified atom stereocenters. The Labute approximate surface area is 173 Å². The Hall–Kier alpha value is -1.60. The highest BCUT2D eigenvalue weighted by Gasteiger charge is 2.25. The third-order valence-electron chi connectivity index (χ3n) is 5.80. The Morgan fingerprint density at radius 3 is 2.93 bits per heavy atom. The molecule has 0 spiro atoms. The summed E-state index contributed by atoms with van der Waals surface area (Å²) >= 11 is 3.04. The Kier molecular flexibility index (Phi) is 5.92. The van der Waals surface area contributed by atoms with Gasteiger partial charge in [0.05, 0.1) is 11.1 Å². The molecule has 1 atom stereocenters. The molecule has 1 aliphatic carbocycles. The van der Waals surface area contributed by atoms with Gasteiger partial charge in [-0.05, 0) is 57.4 Å². The number of piperidine rings is 1. The maximum absolute atomic E-state index is 13.2. The van der Waals surface area contributed by atoms with Gasteiger partial charge in [-0.1, -0.05) is 17.8 Å². The monoisotopic (exact) mass is 417 g/mol. The molecule has 0 N–H and O–H groups in total. The number of thioether (sulfide) groups is 1. The molecule has 0 saturated carbocycles. The maximum Gasteiger partial charge on any atom is 0.263 e. The van der Waals surface area contributed by atoms with E-state index in [9.17, 15) is 9.59 Å². The highest BCUT2D eigenvalue weighted by molar-refractivity contribution is 7.99. The number of fused-ring (bicyclic) bond motifs is 3. The van der Waals surface area contributed by atoms with Gasteiger partial charge in [-0.2, -0.15) is 0 Å². The molecule has 1 aliphatic heterocycles. The summed E-state index contributed by atoms with van der Waals surface area (Å²) in [4.78, 5) is 34.9.